The molecule has 1 aromatic heterocycles. The minimum Gasteiger partial charge on any atom is -0.357 e. The topological polar surface area (TPSA) is 40.0 Å². The fourth-order valence-electron chi connectivity index (χ4n) is 2.05. The SMILES string of the molecule is CCc1cnccc1C(=N)N1CCCC1. The maximum Gasteiger partial charge on any atom is 0.128 e. The zero-order valence-corrected chi connectivity index (χ0v) is 9.16. The first-order valence-electron chi connectivity index (χ1n) is 5.59. The summed E-state index contributed by atoms with van der Waals surface area (Å²) >= 11 is 0. The van der Waals surface area contributed by atoms with Gasteiger partial charge < -0.3 is 4.90 Å². The number of rotatable bonds is 2. The summed E-state index contributed by atoms with van der Waals surface area (Å²) in [5.41, 5.74) is 2.23. The van der Waals surface area contributed by atoms with Gasteiger partial charge in [0.25, 0.3) is 0 Å². The number of aromatic nitrogens is 1. The number of likely N-dealkylation sites (tertiary alicyclic amines) is 1. The van der Waals surface area contributed by atoms with Crippen molar-refractivity contribution in [2.24, 2.45) is 0 Å². The Balaban J connectivity index is 2.24. The lowest BCUT2D eigenvalue weighted by Crippen LogP contribution is -2.28. The standard InChI is InChI=1S/C12H17N3/c1-2-10-9-14-6-5-11(10)12(13)15-7-3-4-8-15/h5-6,9,13H,2-4,7-8H2,1H3. The summed E-state index contributed by atoms with van der Waals surface area (Å²) in [6, 6.07) is 1.96. The van der Waals surface area contributed by atoms with Crippen LogP contribution in [0, 0.1) is 5.41 Å². The molecule has 1 aliphatic rings. The van der Waals surface area contributed by atoms with Gasteiger partial charge in [0.1, 0.15) is 5.84 Å². The summed E-state index contributed by atoms with van der Waals surface area (Å²) in [6.45, 7) is 4.17. The van der Waals surface area contributed by atoms with Gasteiger partial charge in [-0.3, -0.25) is 10.4 Å². The summed E-state index contributed by atoms with van der Waals surface area (Å²) in [5.74, 6) is 0.673. The van der Waals surface area contributed by atoms with E-state index in [1.54, 1.807) is 6.20 Å². The molecule has 0 aromatic carbocycles. The van der Waals surface area contributed by atoms with Crippen LogP contribution >= 0.6 is 0 Å². The molecule has 0 atom stereocenters. The minimum absolute atomic E-state index is 0.673. The predicted octanol–water partition coefficient (Wildman–Crippen LogP) is 2.07. The number of aryl methyl sites for hydroxylation is 1. The van der Waals surface area contributed by atoms with Crippen molar-refractivity contribution in [2.45, 2.75) is 26.2 Å². The Labute approximate surface area is 90.6 Å². The van der Waals surface area contributed by atoms with Crippen LogP contribution in [0.1, 0.15) is 30.9 Å². The molecule has 2 heterocycles. The molecule has 3 nitrogen and oxygen atoms in total. The van der Waals surface area contributed by atoms with E-state index < -0.39 is 0 Å². The van der Waals surface area contributed by atoms with Crippen molar-refractivity contribution in [3.63, 3.8) is 0 Å². The molecular formula is C12H17N3. The highest BCUT2D eigenvalue weighted by molar-refractivity contribution is 5.97. The van der Waals surface area contributed by atoms with Crippen LogP contribution in [0.4, 0.5) is 0 Å². The molecule has 1 aromatic rings. The van der Waals surface area contributed by atoms with E-state index in [4.69, 9.17) is 5.41 Å². The first kappa shape index (κ1) is 10.1. The van der Waals surface area contributed by atoms with Crippen molar-refractivity contribution in [1.82, 2.24) is 9.88 Å². The van der Waals surface area contributed by atoms with Gasteiger partial charge in [-0.25, -0.2) is 0 Å². The van der Waals surface area contributed by atoms with E-state index in [2.05, 4.69) is 16.8 Å². The van der Waals surface area contributed by atoms with E-state index in [1.165, 1.54) is 18.4 Å². The molecule has 1 aliphatic heterocycles. The van der Waals surface area contributed by atoms with Gasteiger partial charge in [-0.2, -0.15) is 0 Å². The first-order valence-corrected chi connectivity index (χ1v) is 5.59. The van der Waals surface area contributed by atoms with Gasteiger partial charge in [-0.15, -0.1) is 0 Å². The summed E-state index contributed by atoms with van der Waals surface area (Å²) in [6.07, 6.45) is 7.03. The molecule has 2 rings (SSSR count). The third-order valence-corrected chi connectivity index (χ3v) is 2.96. The van der Waals surface area contributed by atoms with E-state index in [1.807, 2.05) is 12.3 Å². The van der Waals surface area contributed by atoms with E-state index in [0.29, 0.717) is 5.84 Å². The number of nitrogens with one attached hydrogen (secondary N) is 1. The molecule has 0 saturated carbocycles. The minimum atomic E-state index is 0.673. The number of hydrogen-bond donors (Lipinski definition) is 1. The van der Waals surface area contributed by atoms with Crippen molar-refractivity contribution < 1.29 is 0 Å². The molecule has 0 unspecified atom stereocenters. The van der Waals surface area contributed by atoms with Crippen molar-refractivity contribution in [2.75, 3.05) is 13.1 Å². The Morgan fingerprint density at radius 3 is 2.87 bits per heavy atom. The summed E-state index contributed by atoms with van der Waals surface area (Å²) in [4.78, 5) is 6.27. The van der Waals surface area contributed by atoms with E-state index in [-0.39, 0.29) is 0 Å². The molecule has 0 radical (unpaired) electrons. The average molecular weight is 203 g/mol. The summed E-state index contributed by atoms with van der Waals surface area (Å²) in [5, 5.41) is 8.17. The van der Waals surface area contributed by atoms with Crippen LogP contribution in [0.25, 0.3) is 0 Å². The lowest BCUT2D eigenvalue weighted by Gasteiger charge is -2.20. The van der Waals surface area contributed by atoms with Crippen molar-refractivity contribution in [1.29, 1.82) is 5.41 Å². The van der Waals surface area contributed by atoms with Crippen LogP contribution in [0.15, 0.2) is 18.5 Å². The lowest BCUT2D eigenvalue weighted by molar-refractivity contribution is 0.516. The molecule has 3 heteroatoms. The Morgan fingerprint density at radius 2 is 2.20 bits per heavy atom. The second-order valence-electron chi connectivity index (χ2n) is 3.93. The van der Waals surface area contributed by atoms with Crippen molar-refractivity contribution in [3.8, 4) is 0 Å². The van der Waals surface area contributed by atoms with Gasteiger partial charge in [0.15, 0.2) is 0 Å². The van der Waals surface area contributed by atoms with Crippen LogP contribution in [-0.4, -0.2) is 28.8 Å². The second kappa shape index (κ2) is 4.43. The van der Waals surface area contributed by atoms with Crippen molar-refractivity contribution in [3.05, 3.63) is 29.6 Å². The van der Waals surface area contributed by atoms with Crippen LogP contribution in [-0.2, 0) is 6.42 Å². The fraction of sp³-hybridized carbons (Fsp3) is 0.500. The monoisotopic (exact) mass is 203 g/mol. The maximum absolute atomic E-state index is 8.17. The largest absolute Gasteiger partial charge is 0.357 e. The zero-order chi connectivity index (χ0) is 10.7. The highest BCUT2D eigenvalue weighted by Crippen LogP contribution is 2.15. The number of hydrogen-bond acceptors (Lipinski definition) is 2. The average Bonchev–Trinajstić information content (AvgIpc) is 2.81. The van der Waals surface area contributed by atoms with E-state index >= 15 is 0 Å². The van der Waals surface area contributed by atoms with Gasteiger partial charge in [0.05, 0.1) is 0 Å². The fourth-order valence-corrected chi connectivity index (χ4v) is 2.05. The molecule has 15 heavy (non-hydrogen) atoms. The maximum atomic E-state index is 8.17. The molecule has 1 N–H and O–H groups in total. The van der Waals surface area contributed by atoms with Crippen molar-refractivity contribution >= 4 is 5.84 Å². The normalized spacial score (nSPS) is 15.7. The molecule has 1 saturated heterocycles. The predicted molar refractivity (Wildman–Crippen MR) is 61.3 cm³/mol. The molecule has 0 aliphatic carbocycles. The molecule has 0 amide bonds. The summed E-state index contributed by atoms with van der Waals surface area (Å²) < 4.78 is 0. The van der Waals surface area contributed by atoms with Gasteiger partial charge in [-0.05, 0) is 30.9 Å². The molecule has 1 fully saturated rings. The van der Waals surface area contributed by atoms with Crippen LogP contribution in [0.2, 0.25) is 0 Å². The van der Waals surface area contributed by atoms with Gasteiger partial charge in [0, 0.05) is 31.0 Å². The molecule has 0 spiro atoms. The van der Waals surface area contributed by atoms with Crippen LogP contribution in [0.5, 0.6) is 0 Å². The zero-order valence-electron chi connectivity index (χ0n) is 9.16. The van der Waals surface area contributed by atoms with E-state index in [0.717, 1.165) is 25.1 Å². The van der Waals surface area contributed by atoms with Crippen LogP contribution < -0.4 is 0 Å². The van der Waals surface area contributed by atoms with Crippen LogP contribution in [0.3, 0.4) is 0 Å². The highest BCUT2D eigenvalue weighted by Gasteiger charge is 2.17. The van der Waals surface area contributed by atoms with Gasteiger partial charge in [0.2, 0.25) is 0 Å². The number of nitrogens with zero attached hydrogens (tertiary/aromatic N) is 2. The van der Waals surface area contributed by atoms with E-state index in [9.17, 15) is 0 Å². The Morgan fingerprint density at radius 1 is 1.47 bits per heavy atom. The molecular weight excluding hydrogens is 186 g/mol. The van der Waals surface area contributed by atoms with Gasteiger partial charge >= 0.3 is 0 Å². The molecule has 80 valence electrons. The Hall–Kier alpha value is -1.38. The summed E-state index contributed by atoms with van der Waals surface area (Å²) in [7, 11) is 0. The number of pyridine rings is 1. The number of amidine groups is 1. The third-order valence-electron chi connectivity index (χ3n) is 2.96. The van der Waals surface area contributed by atoms with Gasteiger partial charge in [-0.1, -0.05) is 6.92 Å². The Kier molecular flexibility index (Phi) is 2.99. The molecule has 0 bridgehead atoms. The highest BCUT2D eigenvalue weighted by atomic mass is 15.2. The quantitative estimate of drug-likeness (QED) is 0.590. The smallest absolute Gasteiger partial charge is 0.128 e. The second-order valence-corrected chi connectivity index (χ2v) is 3.93. The first-order chi connectivity index (χ1) is 7.33. The third kappa shape index (κ3) is 2.01. The Bertz CT molecular complexity index is 354. The lowest BCUT2D eigenvalue weighted by atomic mass is 10.1.